The molecule has 0 aliphatic rings. The van der Waals surface area contributed by atoms with Crippen molar-refractivity contribution < 1.29 is 28.5 Å². The van der Waals surface area contributed by atoms with Crippen LogP contribution in [0, 0.1) is 0 Å². The number of carbonyl (C=O) groups excluding carboxylic acids is 1. The van der Waals surface area contributed by atoms with Crippen molar-refractivity contribution in [3.63, 3.8) is 0 Å². The number of benzene rings is 1. The lowest BCUT2D eigenvalue weighted by Crippen LogP contribution is -2.27. The highest BCUT2D eigenvalue weighted by Gasteiger charge is 2.31. The van der Waals surface area contributed by atoms with Crippen LogP contribution in [-0.4, -0.2) is 28.5 Å². The number of anilines is 1. The van der Waals surface area contributed by atoms with Gasteiger partial charge in [-0.1, -0.05) is 6.07 Å². The number of phenols is 1. The minimum absolute atomic E-state index is 0.0344. The maximum Gasteiger partial charge on any atom is 0.412 e. The molecule has 0 atom stereocenters. The molecule has 1 amide bonds. The first-order chi connectivity index (χ1) is 9.55. The van der Waals surface area contributed by atoms with Crippen LogP contribution in [0.25, 0.3) is 0 Å². The minimum atomic E-state index is -3.25. The second kappa shape index (κ2) is 6.26. The van der Waals surface area contributed by atoms with Gasteiger partial charge >= 0.3 is 6.09 Å². The topological polar surface area (TPSA) is 78.8 Å². The molecule has 0 heterocycles. The van der Waals surface area contributed by atoms with E-state index in [1.165, 1.54) is 0 Å². The summed E-state index contributed by atoms with van der Waals surface area (Å²) in [5.74, 6) is -3.76. The maximum absolute atomic E-state index is 13.6. The third kappa shape index (κ3) is 5.18. The third-order valence-electron chi connectivity index (χ3n) is 2.48. The molecular weight excluding hydrogens is 284 g/mol. The molecule has 7 heteroatoms. The number of phenolic OH excluding ortho intramolecular Hbond substituents is 1. The quantitative estimate of drug-likeness (QED) is 0.746. The van der Waals surface area contributed by atoms with Gasteiger partial charge in [-0.15, -0.1) is 0 Å². The number of nitrogens with one attached hydrogen (secondary N) is 1. The van der Waals surface area contributed by atoms with E-state index >= 15 is 0 Å². The molecule has 0 aliphatic heterocycles. The summed E-state index contributed by atoms with van der Waals surface area (Å²) >= 11 is 0. The zero-order chi connectivity index (χ0) is 16.3. The summed E-state index contributed by atoms with van der Waals surface area (Å²) in [6.45, 7) is 4.34. The van der Waals surface area contributed by atoms with E-state index in [9.17, 15) is 18.7 Å². The van der Waals surface area contributed by atoms with Crippen molar-refractivity contribution in [2.45, 2.75) is 38.7 Å². The number of halogens is 2. The fourth-order valence-corrected chi connectivity index (χ4v) is 1.56. The molecule has 1 aromatic carbocycles. The summed E-state index contributed by atoms with van der Waals surface area (Å²) in [5.41, 5.74) is -1.19. The summed E-state index contributed by atoms with van der Waals surface area (Å²) in [5, 5.41) is 20.6. The molecule has 0 aromatic heterocycles. The Bertz CT molecular complexity index is 512. The molecule has 0 saturated carbocycles. The van der Waals surface area contributed by atoms with Crippen molar-refractivity contribution in [3.05, 3.63) is 23.8 Å². The van der Waals surface area contributed by atoms with Crippen LogP contribution in [0.15, 0.2) is 18.2 Å². The molecule has 0 bridgehead atoms. The maximum atomic E-state index is 13.6. The van der Waals surface area contributed by atoms with E-state index in [-0.39, 0.29) is 5.69 Å². The van der Waals surface area contributed by atoms with E-state index in [2.05, 4.69) is 5.32 Å². The molecule has 0 spiro atoms. The average molecular weight is 303 g/mol. The summed E-state index contributed by atoms with van der Waals surface area (Å²) < 4.78 is 32.1. The van der Waals surface area contributed by atoms with Gasteiger partial charge in [-0.3, -0.25) is 5.32 Å². The number of ether oxygens (including phenoxy) is 1. The Kier molecular flexibility index (Phi) is 5.11. The van der Waals surface area contributed by atoms with Gasteiger partial charge in [-0.25, -0.2) is 13.6 Å². The monoisotopic (exact) mass is 303 g/mol. The summed E-state index contributed by atoms with van der Waals surface area (Å²) in [4.78, 5) is 11.5. The first-order valence-electron chi connectivity index (χ1n) is 6.37. The molecule has 0 radical (unpaired) electrons. The van der Waals surface area contributed by atoms with Gasteiger partial charge in [0.15, 0.2) is 0 Å². The lowest BCUT2D eigenvalue weighted by atomic mass is 10.0. The number of amides is 1. The van der Waals surface area contributed by atoms with Crippen molar-refractivity contribution in [1.29, 1.82) is 0 Å². The van der Waals surface area contributed by atoms with Gasteiger partial charge in [0, 0.05) is 18.6 Å². The van der Waals surface area contributed by atoms with Crippen molar-refractivity contribution >= 4 is 11.8 Å². The number of rotatable bonds is 4. The van der Waals surface area contributed by atoms with Crippen LogP contribution in [0.3, 0.4) is 0 Å². The molecule has 5 nitrogen and oxygen atoms in total. The smallest absolute Gasteiger partial charge is 0.412 e. The van der Waals surface area contributed by atoms with Crippen LogP contribution in [-0.2, 0) is 10.7 Å². The fraction of sp³-hybridized carbons (Fsp3) is 0.500. The number of carbonyl (C=O) groups is 1. The molecule has 1 aromatic rings. The number of hydrogen-bond donors (Lipinski definition) is 3. The van der Waals surface area contributed by atoms with Crippen LogP contribution in [0.4, 0.5) is 19.3 Å². The molecular formula is C14H19F2NO4. The highest BCUT2D eigenvalue weighted by Crippen LogP contribution is 2.35. The van der Waals surface area contributed by atoms with E-state index in [1.807, 2.05) is 0 Å². The van der Waals surface area contributed by atoms with E-state index in [1.54, 1.807) is 20.8 Å². The van der Waals surface area contributed by atoms with Crippen molar-refractivity contribution in [3.8, 4) is 5.75 Å². The Morgan fingerprint density at radius 3 is 2.43 bits per heavy atom. The predicted octanol–water partition coefficient (Wildman–Crippen LogP) is 3.21. The molecule has 0 aliphatic carbocycles. The van der Waals surface area contributed by atoms with E-state index in [4.69, 9.17) is 9.84 Å². The molecule has 1 rings (SSSR count). The molecule has 21 heavy (non-hydrogen) atoms. The number of alkyl halides is 2. The predicted molar refractivity (Wildman–Crippen MR) is 73.6 cm³/mol. The first kappa shape index (κ1) is 17.2. The van der Waals surface area contributed by atoms with Crippen molar-refractivity contribution in [1.82, 2.24) is 0 Å². The van der Waals surface area contributed by atoms with E-state index in [0.717, 1.165) is 18.2 Å². The van der Waals surface area contributed by atoms with Crippen molar-refractivity contribution in [2.75, 3.05) is 11.9 Å². The van der Waals surface area contributed by atoms with Gasteiger partial charge in [0.25, 0.3) is 5.92 Å². The third-order valence-corrected chi connectivity index (χ3v) is 2.48. The Balaban J connectivity index is 2.86. The largest absolute Gasteiger partial charge is 0.506 e. The lowest BCUT2D eigenvalue weighted by molar-refractivity contribution is -0.0271. The number of aliphatic hydroxyl groups excluding tert-OH is 1. The standard InChI is InChI=1S/C14H19F2NO4/c1-13(2,3)21-12(20)17-10-5-4-9(8-11(10)19)14(15,16)6-7-18/h4-5,8,18-19H,6-7H2,1-3H3,(H,17,20). The van der Waals surface area contributed by atoms with Crippen LogP contribution in [0.2, 0.25) is 0 Å². The fourth-order valence-electron chi connectivity index (χ4n) is 1.56. The van der Waals surface area contributed by atoms with Crippen LogP contribution >= 0.6 is 0 Å². The zero-order valence-electron chi connectivity index (χ0n) is 12.1. The Labute approximate surface area is 121 Å². The van der Waals surface area contributed by atoms with Crippen molar-refractivity contribution in [2.24, 2.45) is 0 Å². The van der Waals surface area contributed by atoms with Crippen LogP contribution in [0.5, 0.6) is 5.75 Å². The summed E-state index contributed by atoms with van der Waals surface area (Å²) in [6, 6.07) is 3.07. The highest BCUT2D eigenvalue weighted by atomic mass is 19.3. The van der Waals surface area contributed by atoms with Crippen LogP contribution in [0.1, 0.15) is 32.8 Å². The van der Waals surface area contributed by atoms with E-state index < -0.39 is 42.0 Å². The van der Waals surface area contributed by atoms with Crippen LogP contribution < -0.4 is 5.32 Å². The Morgan fingerprint density at radius 2 is 1.95 bits per heavy atom. The number of aliphatic hydroxyl groups is 1. The number of aromatic hydroxyl groups is 1. The molecule has 0 unspecified atom stereocenters. The van der Waals surface area contributed by atoms with Gasteiger partial charge in [-0.05, 0) is 32.9 Å². The minimum Gasteiger partial charge on any atom is -0.506 e. The first-order valence-corrected chi connectivity index (χ1v) is 6.37. The average Bonchev–Trinajstić information content (AvgIpc) is 2.29. The molecule has 118 valence electrons. The SMILES string of the molecule is CC(C)(C)OC(=O)Nc1ccc(C(F)(F)CCO)cc1O. The normalized spacial score (nSPS) is 12.1. The highest BCUT2D eigenvalue weighted by molar-refractivity contribution is 5.86. The molecule has 0 fully saturated rings. The van der Waals surface area contributed by atoms with E-state index in [0.29, 0.717) is 0 Å². The summed E-state index contributed by atoms with van der Waals surface area (Å²) in [7, 11) is 0. The molecule has 3 N–H and O–H groups in total. The molecule has 0 saturated heterocycles. The lowest BCUT2D eigenvalue weighted by Gasteiger charge is -2.20. The van der Waals surface area contributed by atoms with Gasteiger partial charge in [0.1, 0.15) is 11.4 Å². The van der Waals surface area contributed by atoms with Gasteiger partial charge in [-0.2, -0.15) is 0 Å². The summed E-state index contributed by atoms with van der Waals surface area (Å²) in [6.07, 6.45) is -1.54. The Hall–Kier alpha value is -1.89. The van der Waals surface area contributed by atoms with Gasteiger partial charge in [0.05, 0.1) is 5.69 Å². The second-order valence-electron chi connectivity index (χ2n) is 5.54. The number of hydrogen-bond acceptors (Lipinski definition) is 4. The zero-order valence-corrected chi connectivity index (χ0v) is 12.1. The Morgan fingerprint density at radius 1 is 1.33 bits per heavy atom. The van der Waals surface area contributed by atoms with Gasteiger partial charge in [0.2, 0.25) is 0 Å². The van der Waals surface area contributed by atoms with Gasteiger partial charge < -0.3 is 14.9 Å². The second-order valence-corrected chi connectivity index (χ2v) is 5.54.